The molecule has 0 aliphatic carbocycles. The molecule has 6 nitrogen and oxygen atoms in total. The van der Waals surface area contributed by atoms with E-state index in [1.54, 1.807) is 10.6 Å². The van der Waals surface area contributed by atoms with Crippen molar-refractivity contribution in [1.82, 2.24) is 14.4 Å². The van der Waals surface area contributed by atoms with Gasteiger partial charge in [0.1, 0.15) is 24.1 Å². The fraction of sp³-hybridized carbons (Fsp3) is 0.333. The van der Waals surface area contributed by atoms with Gasteiger partial charge in [-0.05, 0) is 24.6 Å². The zero-order valence-corrected chi connectivity index (χ0v) is 9.91. The summed E-state index contributed by atoms with van der Waals surface area (Å²) in [5.41, 5.74) is 2.12. The van der Waals surface area contributed by atoms with Crippen LogP contribution in [-0.2, 0) is 4.84 Å². The normalized spacial score (nSPS) is 19.7. The van der Waals surface area contributed by atoms with Gasteiger partial charge >= 0.3 is 0 Å². The van der Waals surface area contributed by atoms with Gasteiger partial charge in [-0.2, -0.15) is 0 Å². The molecule has 0 bridgehead atoms. The maximum Gasteiger partial charge on any atom is 0.297 e. The number of rotatable bonds is 1. The van der Waals surface area contributed by atoms with Crippen molar-refractivity contribution in [3.05, 3.63) is 35.8 Å². The Bertz CT molecular complexity index is 608. The minimum absolute atomic E-state index is 0.151. The number of pyridine rings is 1. The highest BCUT2D eigenvalue weighted by atomic mass is 16.7. The van der Waals surface area contributed by atoms with Crippen molar-refractivity contribution in [3.8, 4) is 0 Å². The second kappa shape index (κ2) is 4.08. The lowest BCUT2D eigenvalue weighted by Crippen LogP contribution is -2.28. The Balaban J connectivity index is 1.92. The first-order valence-electron chi connectivity index (χ1n) is 5.72. The van der Waals surface area contributed by atoms with E-state index in [1.165, 1.54) is 0 Å². The van der Waals surface area contributed by atoms with Crippen LogP contribution in [-0.4, -0.2) is 44.7 Å². The number of aryl methyl sites for hydroxylation is 1. The number of hydrogen-bond acceptors (Lipinski definition) is 4. The lowest BCUT2D eigenvalue weighted by molar-refractivity contribution is -0.0782. The van der Waals surface area contributed by atoms with Crippen LogP contribution < -0.4 is 0 Å². The molecule has 0 radical (unpaired) electrons. The van der Waals surface area contributed by atoms with Gasteiger partial charge in [-0.1, -0.05) is 0 Å². The van der Waals surface area contributed by atoms with E-state index in [0.717, 1.165) is 16.3 Å². The number of aromatic nitrogens is 2. The van der Waals surface area contributed by atoms with E-state index in [-0.39, 0.29) is 19.1 Å². The summed E-state index contributed by atoms with van der Waals surface area (Å²) in [5.74, 6) is -0.326. The Labute approximate surface area is 103 Å². The zero-order chi connectivity index (χ0) is 12.7. The summed E-state index contributed by atoms with van der Waals surface area (Å²) in [6, 6.07) is 3.84. The fourth-order valence-corrected chi connectivity index (χ4v) is 1.93. The predicted octanol–water partition coefficient (Wildman–Crippen LogP) is 0.391. The van der Waals surface area contributed by atoms with Crippen molar-refractivity contribution in [3.63, 3.8) is 0 Å². The average Bonchev–Trinajstić information content (AvgIpc) is 2.93. The predicted molar refractivity (Wildman–Crippen MR) is 62.9 cm³/mol. The minimum atomic E-state index is -0.617. The van der Waals surface area contributed by atoms with Crippen LogP contribution in [0.3, 0.4) is 0 Å². The molecule has 2 aromatic heterocycles. The van der Waals surface area contributed by atoms with E-state index < -0.39 is 6.10 Å². The molecule has 1 aliphatic heterocycles. The highest BCUT2D eigenvalue weighted by Gasteiger charge is 2.28. The summed E-state index contributed by atoms with van der Waals surface area (Å²) in [4.78, 5) is 21.4. The number of hydrogen-bond donors (Lipinski definition) is 1. The molecule has 1 amide bonds. The fourth-order valence-electron chi connectivity index (χ4n) is 1.93. The van der Waals surface area contributed by atoms with Gasteiger partial charge in [0.25, 0.3) is 5.91 Å². The molecule has 3 heterocycles. The number of nitrogens with zero attached hydrogens (tertiary/aromatic N) is 3. The van der Waals surface area contributed by atoms with E-state index in [0.29, 0.717) is 5.69 Å². The Morgan fingerprint density at radius 2 is 2.44 bits per heavy atom. The molecular weight excluding hydrogens is 234 g/mol. The quantitative estimate of drug-likeness (QED) is 0.791. The number of imidazole rings is 1. The van der Waals surface area contributed by atoms with Gasteiger partial charge < -0.3 is 9.51 Å². The largest absolute Gasteiger partial charge is 0.389 e. The molecule has 18 heavy (non-hydrogen) atoms. The summed E-state index contributed by atoms with van der Waals surface area (Å²) >= 11 is 0. The topological polar surface area (TPSA) is 67.1 Å². The Morgan fingerprint density at radius 1 is 1.61 bits per heavy atom. The van der Waals surface area contributed by atoms with E-state index in [2.05, 4.69) is 4.98 Å². The number of hydroxylamine groups is 2. The summed E-state index contributed by atoms with van der Waals surface area (Å²) < 4.78 is 1.78. The average molecular weight is 247 g/mol. The number of aliphatic hydroxyl groups is 1. The van der Waals surface area contributed by atoms with Crippen LogP contribution in [0, 0.1) is 6.92 Å². The van der Waals surface area contributed by atoms with Crippen molar-refractivity contribution >= 4 is 11.6 Å². The highest BCUT2D eigenvalue weighted by molar-refractivity contribution is 5.92. The number of β-amino-alcohol motifs (C(OH)–C–C–N with tert-alkyl or cyclic N) is 1. The summed E-state index contributed by atoms with van der Waals surface area (Å²) in [7, 11) is 0. The maximum atomic E-state index is 12.1. The molecule has 1 unspecified atom stereocenters. The third kappa shape index (κ3) is 1.85. The lowest BCUT2D eigenvalue weighted by Gasteiger charge is -2.11. The van der Waals surface area contributed by atoms with Gasteiger partial charge in [-0.15, -0.1) is 0 Å². The first kappa shape index (κ1) is 11.2. The van der Waals surface area contributed by atoms with E-state index in [9.17, 15) is 9.90 Å². The molecule has 1 fully saturated rings. The Morgan fingerprint density at radius 3 is 3.17 bits per heavy atom. The molecule has 2 aromatic rings. The van der Waals surface area contributed by atoms with Crippen LogP contribution in [0.2, 0.25) is 0 Å². The molecule has 1 aliphatic rings. The zero-order valence-electron chi connectivity index (χ0n) is 9.91. The highest BCUT2D eigenvalue weighted by Crippen LogP contribution is 2.13. The van der Waals surface area contributed by atoms with Gasteiger partial charge in [0.2, 0.25) is 0 Å². The van der Waals surface area contributed by atoms with E-state index in [4.69, 9.17) is 4.84 Å². The van der Waals surface area contributed by atoms with Crippen molar-refractivity contribution in [2.24, 2.45) is 0 Å². The molecular formula is C12H13N3O3. The lowest BCUT2D eigenvalue weighted by atomic mass is 10.3. The van der Waals surface area contributed by atoms with Crippen molar-refractivity contribution < 1.29 is 14.7 Å². The molecule has 3 rings (SSSR count). The van der Waals surface area contributed by atoms with E-state index in [1.807, 2.05) is 25.3 Å². The second-order valence-electron chi connectivity index (χ2n) is 4.41. The van der Waals surface area contributed by atoms with Gasteiger partial charge in [0, 0.05) is 12.4 Å². The molecule has 0 aromatic carbocycles. The van der Waals surface area contributed by atoms with Gasteiger partial charge in [0.15, 0.2) is 0 Å². The van der Waals surface area contributed by atoms with Gasteiger partial charge in [0.05, 0.1) is 6.54 Å². The summed E-state index contributed by atoms with van der Waals surface area (Å²) in [6.45, 7) is 2.31. The molecule has 0 spiro atoms. The Kier molecular flexibility index (Phi) is 2.53. The van der Waals surface area contributed by atoms with Crippen LogP contribution in [0.4, 0.5) is 0 Å². The number of amides is 1. The first-order valence-corrected chi connectivity index (χ1v) is 5.72. The number of aliphatic hydroxyl groups excluding tert-OH is 1. The number of fused-ring (bicyclic) bond motifs is 1. The standard InChI is InChI=1S/C12H13N3O3/c1-8-2-3-14-6-10(13-11(14)4-8)12(17)15-5-9(16)7-18-15/h2-4,6,9,16H,5,7H2,1H3. The number of carbonyl (C=O) groups excluding carboxylic acids is 1. The molecule has 94 valence electrons. The van der Waals surface area contributed by atoms with Gasteiger partial charge in [-0.25, -0.2) is 10.0 Å². The van der Waals surface area contributed by atoms with Crippen LogP contribution in [0.1, 0.15) is 16.1 Å². The first-order chi connectivity index (χ1) is 8.63. The summed E-state index contributed by atoms with van der Waals surface area (Å²) in [5, 5.41) is 10.5. The minimum Gasteiger partial charge on any atom is -0.389 e. The monoisotopic (exact) mass is 247 g/mol. The van der Waals surface area contributed by atoms with Crippen LogP contribution >= 0.6 is 0 Å². The maximum absolute atomic E-state index is 12.1. The van der Waals surface area contributed by atoms with Crippen LogP contribution in [0.25, 0.3) is 5.65 Å². The number of carbonyl (C=O) groups is 1. The Hall–Kier alpha value is -1.92. The molecule has 1 N–H and O–H groups in total. The summed E-state index contributed by atoms with van der Waals surface area (Å²) in [6.07, 6.45) is 2.90. The second-order valence-corrected chi connectivity index (χ2v) is 4.41. The van der Waals surface area contributed by atoms with Crippen LogP contribution in [0.15, 0.2) is 24.5 Å². The van der Waals surface area contributed by atoms with Gasteiger partial charge in [-0.3, -0.25) is 9.63 Å². The van der Waals surface area contributed by atoms with Crippen molar-refractivity contribution in [2.75, 3.05) is 13.2 Å². The smallest absolute Gasteiger partial charge is 0.297 e. The van der Waals surface area contributed by atoms with E-state index >= 15 is 0 Å². The molecule has 6 heteroatoms. The third-order valence-corrected chi connectivity index (χ3v) is 2.86. The SMILES string of the molecule is Cc1ccn2cc(C(=O)N3CC(O)CO3)nc2c1. The third-order valence-electron chi connectivity index (χ3n) is 2.86. The molecule has 0 saturated carbocycles. The molecule has 1 saturated heterocycles. The van der Waals surface area contributed by atoms with Crippen molar-refractivity contribution in [2.45, 2.75) is 13.0 Å². The van der Waals surface area contributed by atoms with Crippen molar-refractivity contribution in [1.29, 1.82) is 0 Å². The van der Waals surface area contributed by atoms with Crippen LogP contribution in [0.5, 0.6) is 0 Å². The molecule has 1 atom stereocenters.